The van der Waals surface area contributed by atoms with Gasteiger partial charge in [-0.1, -0.05) is 0 Å². The summed E-state index contributed by atoms with van der Waals surface area (Å²) in [5, 5.41) is 12.5. The van der Waals surface area contributed by atoms with E-state index in [9.17, 15) is 9.90 Å². The lowest BCUT2D eigenvalue weighted by atomic mass is 10.2. The number of rotatable bonds is 9. The van der Waals surface area contributed by atoms with Gasteiger partial charge in [-0.05, 0) is 30.6 Å². The zero-order valence-electron chi connectivity index (χ0n) is 13.4. The minimum atomic E-state index is -0.822. The van der Waals surface area contributed by atoms with Gasteiger partial charge in [0.25, 0.3) is 0 Å². The van der Waals surface area contributed by atoms with E-state index >= 15 is 0 Å². The Kier molecular flexibility index (Phi) is 9.05. The SMILES string of the molecule is CSCC[C@H](N)C(=O)NCC(O)COc1ccc2c(c1)OCO2.Cl. The van der Waals surface area contributed by atoms with Crippen molar-refractivity contribution in [2.24, 2.45) is 5.73 Å². The quantitative estimate of drug-likeness (QED) is 0.583. The summed E-state index contributed by atoms with van der Waals surface area (Å²) in [5.41, 5.74) is 5.74. The molecule has 1 heterocycles. The van der Waals surface area contributed by atoms with Gasteiger partial charge in [-0.25, -0.2) is 0 Å². The summed E-state index contributed by atoms with van der Waals surface area (Å²) in [7, 11) is 0. The maximum Gasteiger partial charge on any atom is 0.237 e. The molecule has 0 saturated carbocycles. The Bertz CT molecular complexity index is 535. The molecule has 1 aromatic carbocycles. The fourth-order valence-electron chi connectivity index (χ4n) is 1.94. The highest BCUT2D eigenvalue weighted by Gasteiger charge is 2.16. The van der Waals surface area contributed by atoms with E-state index in [1.807, 2.05) is 6.26 Å². The molecule has 0 saturated heterocycles. The summed E-state index contributed by atoms with van der Waals surface area (Å²) < 4.78 is 15.9. The minimum absolute atomic E-state index is 0. The van der Waals surface area contributed by atoms with Gasteiger partial charge in [-0.3, -0.25) is 4.79 Å². The van der Waals surface area contributed by atoms with Crippen LogP contribution in [0.5, 0.6) is 17.2 Å². The number of hydrogen-bond donors (Lipinski definition) is 3. The molecule has 4 N–H and O–H groups in total. The van der Waals surface area contributed by atoms with Crippen LogP contribution in [0.2, 0.25) is 0 Å². The van der Waals surface area contributed by atoms with E-state index in [0.29, 0.717) is 23.7 Å². The number of hydrogen-bond acceptors (Lipinski definition) is 7. The highest BCUT2D eigenvalue weighted by molar-refractivity contribution is 7.98. The molecule has 0 bridgehead atoms. The molecular weight excluding hydrogens is 356 g/mol. The maximum absolute atomic E-state index is 11.7. The smallest absolute Gasteiger partial charge is 0.237 e. The molecule has 0 aromatic heterocycles. The van der Waals surface area contributed by atoms with Gasteiger partial charge < -0.3 is 30.4 Å². The monoisotopic (exact) mass is 378 g/mol. The molecule has 1 amide bonds. The highest BCUT2D eigenvalue weighted by atomic mass is 35.5. The van der Waals surface area contributed by atoms with Gasteiger partial charge in [0.15, 0.2) is 11.5 Å². The van der Waals surface area contributed by atoms with Gasteiger partial charge in [0.2, 0.25) is 12.7 Å². The van der Waals surface area contributed by atoms with E-state index in [1.54, 1.807) is 30.0 Å². The Morgan fingerprint density at radius 3 is 2.96 bits per heavy atom. The largest absolute Gasteiger partial charge is 0.491 e. The first-order valence-electron chi connectivity index (χ1n) is 7.33. The summed E-state index contributed by atoms with van der Waals surface area (Å²) in [4.78, 5) is 11.7. The molecule has 0 radical (unpaired) electrons. The van der Waals surface area contributed by atoms with E-state index in [0.717, 1.165) is 5.75 Å². The number of ether oxygens (including phenoxy) is 3. The van der Waals surface area contributed by atoms with Crippen molar-refractivity contribution >= 4 is 30.1 Å². The van der Waals surface area contributed by atoms with Gasteiger partial charge >= 0.3 is 0 Å². The number of thioether (sulfide) groups is 1. The summed E-state index contributed by atoms with van der Waals surface area (Å²) in [6.07, 6.45) is 1.75. The van der Waals surface area contributed by atoms with E-state index in [1.165, 1.54) is 0 Å². The molecular formula is C15H23ClN2O5S. The minimum Gasteiger partial charge on any atom is -0.491 e. The number of halogens is 1. The topological polar surface area (TPSA) is 103 Å². The first kappa shape index (κ1) is 20.7. The number of aliphatic hydroxyl groups is 1. The highest BCUT2D eigenvalue weighted by Crippen LogP contribution is 2.35. The fraction of sp³-hybridized carbons (Fsp3) is 0.533. The van der Waals surface area contributed by atoms with Crippen LogP contribution < -0.4 is 25.3 Å². The van der Waals surface area contributed by atoms with E-state index < -0.39 is 12.1 Å². The predicted molar refractivity (Wildman–Crippen MR) is 95.3 cm³/mol. The first-order valence-corrected chi connectivity index (χ1v) is 8.72. The normalized spacial score (nSPS) is 14.5. The van der Waals surface area contributed by atoms with Crippen LogP contribution in [0, 0.1) is 0 Å². The van der Waals surface area contributed by atoms with Crippen molar-refractivity contribution in [3.8, 4) is 17.2 Å². The summed E-state index contributed by atoms with van der Waals surface area (Å²) in [5.74, 6) is 2.41. The Hall–Kier alpha value is -1.35. The lowest BCUT2D eigenvalue weighted by molar-refractivity contribution is -0.122. The Morgan fingerprint density at radius 1 is 1.46 bits per heavy atom. The molecule has 9 heteroatoms. The molecule has 136 valence electrons. The summed E-state index contributed by atoms with van der Waals surface area (Å²) >= 11 is 1.64. The summed E-state index contributed by atoms with van der Waals surface area (Å²) in [6.45, 7) is 0.348. The van der Waals surface area contributed by atoms with E-state index in [4.69, 9.17) is 19.9 Å². The average molecular weight is 379 g/mol. The van der Waals surface area contributed by atoms with Crippen molar-refractivity contribution in [2.75, 3.05) is 32.0 Å². The van der Waals surface area contributed by atoms with Gasteiger partial charge in [-0.2, -0.15) is 11.8 Å². The third-order valence-electron chi connectivity index (χ3n) is 3.27. The van der Waals surface area contributed by atoms with Crippen LogP contribution >= 0.6 is 24.2 Å². The van der Waals surface area contributed by atoms with Crippen LogP contribution in [0.25, 0.3) is 0 Å². The van der Waals surface area contributed by atoms with Crippen molar-refractivity contribution in [1.82, 2.24) is 5.32 Å². The number of benzene rings is 1. The Labute approximate surface area is 151 Å². The van der Waals surface area contributed by atoms with E-state index in [-0.39, 0.29) is 38.3 Å². The second-order valence-corrected chi connectivity index (χ2v) is 6.10. The van der Waals surface area contributed by atoms with Gasteiger partial charge in [0.1, 0.15) is 18.5 Å². The average Bonchev–Trinajstić information content (AvgIpc) is 3.03. The number of nitrogens with two attached hydrogens (primary N) is 1. The van der Waals surface area contributed by atoms with Crippen LogP contribution in [-0.2, 0) is 4.79 Å². The third-order valence-corrected chi connectivity index (χ3v) is 3.91. The first-order chi connectivity index (χ1) is 11.1. The fourth-order valence-corrected chi connectivity index (χ4v) is 2.43. The molecule has 7 nitrogen and oxygen atoms in total. The zero-order chi connectivity index (χ0) is 16.7. The molecule has 1 aliphatic rings. The molecule has 1 aromatic rings. The van der Waals surface area contributed by atoms with Crippen molar-refractivity contribution < 1.29 is 24.1 Å². The van der Waals surface area contributed by atoms with Gasteiger partial charge in [0.05, 0.1) is 6.04 Å². The molecule has 1 aliphatic heterocycles. The molecule has 2 atom stereocenters. The molecule has 1 unspecified atom stereocenters. The van der Waals surface area contributed by atoms with Gasteiger partial charge in [0, 0.05) is 12.6 Å². The number of fused-ring (bicyclic) bond motifs is 1. The van der Waals surface area contributed by atoms with Crippen LogP contribution in [0.3, 0.4) is 0 Å². The lowest BCUT2D eigenvalue weighted by Crippen LogP contribution is -2.44. The number of nitrogens with one attached hydrogen (secondary N) is 1. The third kappa shape index (κ3) is 6.27. The van der Waals surface area contributed by atoms with Crippen molar-refractivity contribution in [2.45, 2.75) is 18.6 Å². The van der Waals surface area contributed by atoms with Gasteiger partial charge in [-0.15, -0.1) is 12.4 Å². The Morgan fingerprint density at radius 2 is 2.21 bits per heavy atom. The number of carbonyl (C=O) groups excluding carboxylic acids is 1. The molecule has 0 spiro atoms. The standard InChI is InChI=1S/C15H22N2O5S.ClH/c1-23-5-4-12(16)15(19)17-7-10(18)8-20-11-2-3-13-14(6-11)22-9-21-13;/h2-3,6,10,12,18H,4-5,7-9,16H2,1H3,(H,17,19);1H/t10?,12-;/m0./s1. The summed E-state index contributed by atoms with van der Waals surface area (Å²) in [6, 6.07) is 4.63. The zero-order valence-corrected chi connectivity index (χ0v) is 15.0. The van der Waals surface area contributed by atoms with E-state index in [2.05, 4.69) is 5.32 Å². The van der Waals surface area contributed by atoms with Crippen molar-refractivity contribution in [3.05, 3.63) is 18.2 Å². The lowest BCUT2D eigenvalue weighted by Gasteiger charge is -2.15. The molecule has 2 rings (SSSR count). The van der Waals surface area contributed by atoms with Crippen molar-refractivity contribution in [3.63, 3.8) is 0 Å². The van der Waals surface area contributed by atoms with Crippen molar-refractivity contribution in [1.29, 1.82) is 0 Å². The van der Waals surface area contributed by atoms with Crippen LogP contribution in [0.4, 0.5) is 0 Å². The molecule has 0 aliphatic carbocycles. The van der Waals surface area contributed by atoms with Crippen LogP contribution in [-0.4, -0.2) is 55.1 Å². The predicted octanol–water partition coefficient (Wildman–Crippen LogP) is 0.773. The number of amides is 1. The Balaban J connectivity index is 0.00000288. The molecule has 0 fully saturated rings. The van der Waals surface area contributed by atoms with Crippen LogP contribution in [0.1, 0.15) is 6.42 Å². The van der Waals surface area contributed by atoms with Crippen LogP contribution in [0.15, 0.2) is 18.2 Å². The maximum atomic E-state index is 11.7. The number of carbonyl (C=O) groups is 1. The second-order valence-electron chi connectivity index (χ2n) is 5.11. The molecule has 24 heavy (non-hydrogen) atoms. The second kappa shape index (κ2) is 10.5. The number of aliphatic hydroxyl groups excluding tert-OH is 1.